The molecule has 94 valence electrons. The summed E-state index contributed by atoms with van der Waals surface area (Å²) in [6.45, 7) is 0. The van der Waals surface area contributed by atoms with Crippen molar-refractivity contribution in [3.63, 3.8) is 0 Å². The van der Waals surface area contributed by atoms with Crippen molar-refractivity contribution in [1.29, 1.82) is 0 Å². The largest absolute Gasteiger partial charge is 0.317 e. The van der Waals surface area contributed by atoms with Gasteiger partial charge in [0.25, 0.3) is 0 Å². The van der Waals surface area contributed by atoms with Gasteiger partial charge in [0.1, 0.15) is 7.80 Å². The van der Waals surface area contributed by atoms with E-state index in [2.05, 4.69) is 0 Å². The minimum absolute atomic E-state index is 0.969. The van der Waals surface area contributed by atoms with Gasteiger partial charge in [-0.1, -0.05) is 36.4 Å². The van der Waals surface area contributed by atoms with Crippen LogP contribution in [-0.4, -0.2) is 12.5 Å². The molecule has 0 radical (unpaired) electrons. The quantitative estimate of drug-likeness (QED) is 0.633. The topological polar surface area (TPSA) is 17.1 Å². The van der Waals surface area contributed by atoms with Gasteiger partial charge in [-0.25, -0.2) is 0 Å². The van der Waals surface area contributed by atoms with Gasteiger partial charge in [-0.3, -0.25) is 0 Å². The van der Waals surface area contributed by atoms with Crippen molar-refractivity contribution in [3.05, 3.63) is 48.5 Å². The fourth-order valence-corrected chi connectivity index (χ4v) is 5.38. The summed E-state index contributed by atoms with van der Waals surface area (Å²) in [5.41, 5.74) is 0. The first kappa shape index (κ1) is 13.8. The van der Waals surface area contributed by atoms with Crippen LogP contribution in [-0.2, 0) is 4.57 Å². The van der Waals surface area contributed by atoms with E-state index in [0.717, 1.165) is 20.4 Å². The van der Waals surface area contributed by atoms with E-state index < -0.39 is 7.80 Å². The average Bonchev–Trinajstić information content (AvgIpc) is 2.46. The summed E-state index contributed by atoms with van der Waals surface area (Å²) >= 11 is 3.30. The summed E-state index contributed by atoms with van der Waals surface area (Å²) in [7, 11) is -1.92. The molecule has 2 rings (SSSR count). The van der Waals surface area contributed by atoms with Gasteiger partial charge in [0, 0.05) is 20.4 Å². The standard InChI is InChI=1S/C14H15OPS2/c1-17-13-9-5-3-7-11(13)16(15)12-8-4-6-10-14(12)18-2/h3-10,16H,1-2H3. The Kier molecular flexibility index (Phi) is 4.99. The van der Waals surface area contributed by atoms with Crippen LogP contribution in [0.4, 0.5) is 0 Å². The minimum atomic E-state index is -1.92. The Bertz CT molecular complexity index is 520. The Labute approximate surface area is 117 Å². The fourth-order valence-electron chi connectivity index (χ4n) is 1.81. The molecule has 0 saturated heterocycles. The van der Waals surface area contributed by atoms with Crippen LogP contribution in [0.15, 0.2) is 58.3 Å². The third-order valence-electron chi connectivity index (χ3n) is 2.70. The first-order chi connectivity index (χ1) is 8.77. The summed E-state index contributed by atoms with van der Waals surface area (Å²) in [6, 6.07) is 15.9. The van der Waals surface area contributed by atoms with Gasteiger partial charge in [-0.15, -0.1) is 23.5 Å². The van der Waals surface area contributed by atoms with Crippen LogP contribution < -0.4 is 10.6 Å². The monoisotopic (exact) mass is 294 g/mol. The van der Waals surface area contributed by atoms with Crippen LogP contribution >= 0.6 is 31.3 Å². The van der Waals surface area contributed by atoms with E-state index in [-0.39, 0.29) is 0 Å². The predicted molar refractivity (Wildman–Crippen MR) is 84.7 cm³/mol. The Hall–Kier alpha value is -0.630. The molecule has 0 N–H and O–H groups in total. The molecule has 0 aliphatic carbocycles. The summed E-state index contributed by atoms with van der Waals surface area (Å²) < 4.78 is 12.8. The number of thioether (sulfide) groups is 2. The van der Waals surface area contributed by atoms with Crippen molar-refractivity contribution in [3.8, 4) is 0 Å². The minimum Gasteiger partial charge on any atom is -0.317 e. The summed E-state index contributed by atoms with van der Waals surface area (Å²) in [4.78, 5) is 2.22. The molecule has 0 spiro atoms. The first-order valence-electron chi connectivity index (χ1n) is 5.58. The normalized spacial score (nSPS) is 10.8. The highest BCUT2D eigenvalue weighted by Gasteiger charge is 2.13. The number of hydrogen-bond acceptors (Lipinski definition) is 3. The third-order valence-corrected chi connectivity index (χ3v) is 6.51. The molecule has 0 heterocycles. The third kappa shape index (κ3) is 2.85. The van der Waals surface area contributed by atoms with Crippen LogP contribution in [0.3, 0.4) is 0 Å². The van der Waals surface area contributed by atoms with Crippen molar-refractivity contribution >= 4 is 41.9 Å². The van der Waals surface area contributed by atoms with Crippen molar-refractivity contribution in [1.82, 2.24) is 0 Å². The van der Waals surface area contributed by atoms with E-state index in [0.29, 0.717) is 0 Å². The van der Waals surface area contributed by atoms with Crippen molar-refractivity contribution in [2.24, 2.45) is 0 Å². The highest BCUT2D eigenvalue weighted by Crippen LogP contribution is 2.29. The molecule has 4 heteroatoms. The van der Waals surface area contributed by atoms with E-state index in [4.69, 9.17) is 0 Å². The van der Waals surface area contributed by atoms with Crippen LogP contribution in [0.25, 0.3) is 0 Å². The van der Waals surface area contributed by atoms with Gasteiger partial charge in [0.15, 0.2) is 0 Å². The molecule has 1 nitrogen and oxygen atoms in total. The molecule has 2 aromatic rings. The molecule has 2 aromatic carbocycles. The molecule has 0 unspecified atom stereocenters. The molecule has 0 saturated carbocycles. The van der Waals surface area contributed by atoms with Gasteiger partial charge in [0.05, 0.1) is 0 Å². The Morgan fingerprint density at radius 3 is 1.56 bits per heavy atom. The maximum atomic E-state index is 12.8. The molecule has 0 aromatic heterocycles. The maximum Gasteiger partial charge on any atom is 0.134 e. The summed E-state index contributed by atoms with van der Waals surface area (Å²) in [5, 5.41) is 1.94. The lowest BCUT2D eigenvalue weighted by Gasteiger charge is -2.10. The van der Waals surface area contributed by atoms with Gasteiger partial charge >= 0.3 is 0 Å². The lowest BCUT2D eigenvalue weighted by Crippen LogP contribution is -2.10. The van der Waals surface area contributed by atoms with Gasteiger partial charge in [-0.05, 0) is 24.6 Å². The van der Waals surface area contributed by atoms with Crippen molar-refractivity contribution < 1.29 is 4.57 Å². The molecular formula is C14H15OPS2. The zero-order valence-electron chi connectivity index (χ0n) is 10.3. The molecule has 0 atom stereocenters. The van der Waals surface area contributed by atoms with E-state index in [9.17, 15) is 4.57 Å². The molecule has 18 heavy (non-hydrogen) atoms. The lowest BCUT2D eigenvalue weighted by molar-refractivity contribution is 0.597. The smallest absolute Gasteiger partial charge is 0.134 e. The predicted octanol–water partition coefficient (Wildman–Crippen LogP) is 3.64. The highest BCUT2D eigenvalue weighted by atomic mass is 32.2. The molecule has 0 aliphatic rings. The Morgan fingerprint density at radius 1 is 0.778 bits per heavy atom. The van der Waals surface area contributed by atoms with Crippen LogP contribution in [0.1, 0.15) is 0 Å². The van der Waals surface area contributed by atoms with E-state index in [1.807, 2.05) is 61.0 Å². The van der Waals surface area contributed by atoms with Crippen molar-refractivity contribution in [2.75, 3.05) is 12.5 Å². The number of benzene rings is 2. The van der Waals surface area contributed by atoms with E-state index in [1.54, 1.807) is 23.5 Å². The Balaban J connectivity index is 2.48. The highest BCUT2D eigenvalue weighted by molar-refractivity contribution is 7.99. The molecule has 0 aliphatic heterocycles. The van der Waals surface area contributed by atoms with Gasteiger partial charge in [0.2, 0.25) is 0 Å². The van der Waals surface area contributed by atoms with Crippen molar-refractivity contribution in [2.45, 2.75) is 9.79 Å². The maximum absolute atomic E-state index is 12.8. The van der Waals surface area contributed by atoms with Crippen LogP contribution in [0.2, 0.25) is 0 Å². The van der Waals surface area contributed by atoms with E-state index >= 15 is 0 Å². The molecular weight excluding hydrogens is 279 g/mol. The summed E-state index contributed by atoms with van der Waals surface area (Å²) in [5.74, 6) is 0. The first-order valence-corrected chi connectivity index (χ1v) is 9.44. The zero-order chi connectivity index (χ0) is 13.0. The molecule has 0 fully saturated rings. The average molecular weight is 294 g/mol. The van der Waals surface area contributed by atoms with Crippen LogP contribution in [0, 0.1) is 0 Å². The second-order valence-corrected chi connectivity index (χ2v) is 7.16. The molecule has 0 bridgehead atoms. The fraction of sp³-hybridized carbons (Fsp3) is 0.143. The van der Waals surface area contributed by atoms with Gasteiger partial charge in [-0.2, -0.15) is 0 Å². The second kappa shape index (κ2) is 6.51. The van der Waals surface area contributed by atoms with E-state index in [1.165, 1.54) is 0 Å². The summed E-state index contributed by atoms with van der Waals surface area (Å²) in [6.07, 6.45) is 4.04. The number of hydrogen-bond donors (Lipinski definition) is 0. The lowest BCUT2D eigenvalue weighted by atomic mass is 10.4. The second-order valence-electron chi connectivity index (χ2n) is 3.73. The number of rotatable bonds is 4. The Morgan fingerprint density at radius 2 is 1.17 bits per heavy atom. The SMILES string of the molecule is CSc1ccccc1[PH](=O)c1ccccc1SC. The van der Waals surface area contributed by atoms with Crippen LogP contribution in [0.5, 0.6) is 0 Å². The zero-order valence-corrected chi connectivity index (χ0v) is 13.0. The van der Waals surface area contributed by atoms with Gasteiger partial charge < -0.3 is 4.57 Å². The molecule has 0 amide bonds.